The van der Waals surface area contributed by atoms with Crippen molar-refractivity contribution in [3.8, 4) is 0 Å². The molecule has 1 unspecified atom stereocenters. The molecule has 0 radical (unpaired) electrons. The fraction of sp³-hybridized carbons (Fsp3) is 0.750. The van der Waals surface area contributed by atoms with E-state index in [2.05, 4.69) is 9.47 Å². The van der Waals surface area contributed by atoms with Gasteiger partial charge in [0.15, 0.2) is 0 Å². The molecule has 0 aromatic heterocycles. The summed E-state index contributed by atoms with van der Waals surface area (Å²) in [6.07, 6.45) is -0.597. The largest absolute Gasteiger partial charge is 0.508 e. The molecule has 76 valence electrons. The molecule has 5 heteroatoms. The third-order valence-corrected chi connectivity index (χ3v) is 1.36. The summed E-state index contributed by atoms with van der Waals surface area (Å²) in [6.45, 7) is 3.71. The molecule has 1 atom stereocenters. The van der Waals surface area contributed by atoms with Gasteiger partial charge in [-0.05, 0) is 6.92 Å². The molecule has 0 N–H and O–H groups in total. The molecular formula is C8H15NO4. The van der Waals surface area contributed by atoms with E-state index in [4.69, 9.17) is 0 Å². The molecule has 1 heterocycles. The predicted octanol–water partition coefficient (Wildman–Crippen LogP) is 0.636. The summed E-state index contributed by atoms with van der Waals surface area (Å²) in [7, 11) is 3.45. The number of ether oxygens (including phenoxy) is 2. The maximum absolute atomic E-state index is 10.1. The summed E-state index contributed by atoms with van der Waals surface area (Å²) >= 11 is 0. The summed E-state index contributed by atoms with van der Waals surface area (Å²) in [5.74, 6) is 0.0926. The lowest BCUT2D eigenvalue weighted by Crippen LogP contribution is -2.17. The molecule has 1 aliphatic rings. The summed E-state index contributed by atoms with van der Waals surface area (Å²) in [6, 6.07) is 0. The van der Waals surface area contributed by atoms with E-state index in [9.17, 15) is 9.59 Å². The molecule has 1 rings (SSSR count). The minimum Gasteiger partial charge on any atom is -0.430 e. The number of cyclic esters (lactones) is 2. The summed E-state index contributed by atoms with van der Waals surface area (Å²) in [4.78, 5) is 21.6. The zero-order chi connectivity index (χ0) is 10.4. The molecule has 1 fully saturated rings. The Morgan fingerprint density at radius 3 is 2.08 bits per heavy atom. The number of rotatable bonds is 0. The maximum atomic E-state index is 10.1. The lowest BCUT2D eigenvalue weighted by Gasteiger charge is -2.02. The van der Waals surface area contributed by atoms with Gasteiger partial charge in [-0.1, -0.05) is 0 Å². The second kappa shape index (κ2) is 5.40. The van der Waals surface area contributed by atoms with E-state index in [1.807, 2.05) is 0 Å². The van der Waals surface area contributed by atoms with Crippen molar-refractivity contribution in [1.29, 1.82) is 0 Å². The Balaban J connectivity index is 0.000000226. The standard InChI is InChI=1S/C4H9NO.C4H6O3/c1-4(6)5(2)3;1-3-2-6-4(5)7-3/h1-3H3;3H,2H2,1H3. The van der Waals surface area contributed by atoms with Crippen LogP contribution in [0.2, 0.25) is 0 Å². The van der Waals surface area contributed by atoms with Crippen molar-refractivity contribution in [2.45, 2.75) is 20.0 Å². The highest BCUT2D eigenvalue weighted by Gasteiger charge is 2.19. The lowest BCUT2D eigenvalue weighted by molar-refractivity contribution is -0.126. The quantitative estimate of drug-likeness (QED) is 0.524. The van der Waals surface area contributed by atoms with Crippen LogP contribution in [0, 0.1) is 0 Å². The van der Waals surface area contributed by atoms with Gasteiger partial charge in [-0.25, -0.2) is 4.79 Å². The van der Waals surface area contributed by atoms with Gasteiger partial charge in [0, 0.05) is 21.0 Å². The molecule has 1 saturated heterocycles. The van der Waals surface area contributed by atoms with E-state index in [0.29, 0.717) is 6.61 Å². The van der Waals surface area contributed by atoms with E-state index >= 15 is 0 Å². The smallest absolute Gasteiger partial charge is 0.430 e. The van der Waals surface area contributed by atoms with Gasteiger partial charge in [0.1, 0.15) is 12.7 Å². The van der Waals surface area contributed by atoms with E-state index in [1.165, 1.54) is 11.8 Å². The molecular weight excluding hydrogens is 174 g/mol. The maximum Gasteiger partial charge on any atom is 0.508 e. The number of carbonyl (C=O) groups excluding carboxylic acids is 2. The van der Waals surface area contributed by atoms with Crippen molar-refractivity contribution in [1.82, 2.24) is 4.90 Å². The van der Waals surface area contributed by atoms with Crippen LogP contribution in [0.1, 0.15) is 13.8 Å². The van der Waals surface area contributed by atoms with Crippen LogP contribution in [-0.4, -0.2) is 43.8 Å². The van der Waals surface area contributed by atoms with E-state index in [1.54, 1.807) is 21.0 Å². The van der Waals surface area contributed by atoms with E-state index in [0.717, 1.165) is 0 Å². The van der Waals surface area contributed by atoms with Gasteiger partial charge in [0.25, 0.3) is 0 Å². The molecule has 0 bridgehead atoms. The first kappa shape index (κ1) is 11.7. The normalized spacial score (nSPS) is 19.4. The predicted molar refractivity (Wildman–Crippen MR) is 46.3 cm³/mol. The van der Waals surface area contributed by atoms with Crippen molar-refractivity contribution < 1.29 is 19.1 Å². The average Bonchev–Trinajstić information content (AvgIpc) is 2.35. The fourth-order valence-electron chi connectivity index (χ4n) is 0.418. The second-order valence-electron chi connectivity index (χ2n) is 2.90. The van der Waals surface area contributed by atoms with Crippen LogP contribution in [0.5, 0.6) is 0 Å². The highest BCUT2D eigenvalue weighted by Crippen LogP contribution is 2.02. The first-order chi connectivity index (χ1) is 5.93. The van der Waals surface area contributed by atoms with Gasteiger partial charge in [-0.2, -0.15) is 0 Å². The summed E-state index contributed by atoms with van der Waals surface area (Å²) in [5, 5.41) is 0. The topological polar surface area (TPSA) is 55.8 Å². The Kier molecular flexibility index (Phi) is 4.87. The Labute approximate surface area is 77.6 Å². The molecule has 1 amide bonds. The first-order valence-corrected chi connectivity index (χ1v) is 3.94. The van der Waals surface area contributed by atoms with Gasteiger partial charge in [-0.3, -0.25) is 4.79 Å². The third-order valence-electron chi connectivity index (χ3n) is 1.36. The van der Waals surface area contributed by atoms with Crippen LogP contribution >= 0.6 is 0 Å². The molecule has 13 heavy (non-hydrogen) atoms. The number of carbonyl (C=O) groups is 2. The Morgan fingerprint density at radius 2 is 2.00 bits per heavy atom. The summed E-state index contributed by atoms with van der Waals surface area (Å²) < 4.78 is 8.90. The molecule has 0 aromatic carbocycles. The van der Waals surface area contributed by atoms with Crippen molar-refractivity contribution >= 4 is 12.1 Å². The van der Waals surface area contributed by atoms with Crippen LogP contribution in [0.3, 0.4) is 0 Å². The number of hydrogen-bond donors (Lipinski definition) is 0. The Bertz CT molecular complexity index is 191. The van der Waals surface area contributed by atoms with Crippen molar-refractivity contribution in [2.75, 3.05) is 20.7 Å². The van der Waals surface area contributed by atoms with Crippen LogP contribution in [0.25, 0.3) is 0 Å². The van der Waals surface area contributed by atoms with Crippen LogP contribution < -0.4 is 0 Å². The van der Waals surface area contributed by atoms with Gasteiger partial charge in [0.05, 0.1) is 0 Å². The highest BCUT2D eigenvalue weighted by molar-refractivity contribution is 5.72. The fourth-order valence-corrected chi connectivity index (χ4v) is 0.418. The van der Waals surface area contributed by atoms with Gasteiger partial charge >= 0.3 is 6.16 Å². The Morgan fingerprint density at radius 1 is 1.54 bits per heavy atom. The van der Waals surface area contributed by atoms with Crippen molar-refractivity contribution in [2.24, 2.45) is 0 Å². The minimum absolute atomic E-state index is 0.0486. The lowest BCUT2D eigenvalue weighted by atomic mass is 10.5. The minimum atomic E-state index is -0.549. The summed E-state index contributed by atoms with van der Waals surface area (Å²) in [5.41, 5.74) is 0. The zero-order valence-electron chi connectivity index (χ0n) is 8.36. The second-order valence-corrected chi connectivity index (χ2v) is 2.90. The number of nitrogens with zero attached hydrogens (tertiary/aromatic N) is 1. The average molecular weight is 189 g/mol. The van der Waals surface area contributed by atoms with E-state index < -0.39 is 6.16 Å². The number of amides is 1. The van der Waals surface area contributed by atoms with Crippen LogP contribution in [0.4, 0.5) is 4.79 Å². The molecule has 0 spiro atoms. The molecule has 0 saturated carbocycles. The van der Waals surface area contributed by atoms with Gasteiger partial charge < -0.3 is 14.4 Å². The molecule has 1 aliphatic heterocycles. The van der Waals surface area contributed by atoms with E-state index in [-0.39, 0.29) is 12.0 Å². The highest BCUT2D eigenvalue weighted by atomic mass is 16.8. The monoisotopic (exact) mass is 189 g/mol. The van der Waals surface area contributed by atoms with Crippen molar-refractivity contribution in [3.05, 3.63) is 0 Å². The third kappa shape index (κ3) is 5.95. The molecule has 5 nitrogen and oxygen atoms in total. The number of hydrogen-bond acceptors (Lipinski definition) is 4. The SMILES string of the molecule is CC(=O)N(C)C.CC1COC(=O)O1. The van der Waals surface area contributed by atoms with Gasteiger partial charge in [-0.15, -0.1) is 0 Å². The van der Waals surface area contributed by atoms with Crippen molar-refractivity contribution in [3.63, 3.8) is 0 Å². The van der Waals surface area contributed by atoms with Crippen LogP contribution in [0.15, 0.2) is 0 Å². The molecule has 0 aliphatic carbocycles. The Hall–Kier alpha value is -1.26. The van der Waals surface area contributed by atoms with Gasteiger partial charge in [0.2, 0.25) is 5.91 Å². The van der Waals surface area contributed by atoms with Crippen LogP contribution in [-0.2, 0) is 14.3 Å². The zero-order valence-corrected chi connectivity index (χ0v) is 8.36. The molecule has 0 aromatic rings. The first-order valence-electron chi connectivity index (χ1n) is 3.94.